The largest absolute Gasteiger partial charge is 0.354 e. The summed E-state index contributed by atoms with van der Waals surface area (Å²) in [5.41, 5.74) is 2.77. The van der Waals surface area contributed by atoms with Crippen LogP contribution in [0.5, 0.6) is 0 Å². The first-order chi connectivity index (χ1) is 13.0. The van der Waals surface area contributed by atoms with Gasteiger partial charge < -0.3 is 10.2 Å². The van der Waals surface area contributed by atoms with Crippen molar-refractivity contribution in [1.29, 1.82) is 0 Å². The molecule has 0 unspecified atom stereocenters. The lowest BCUT2D eigenvalue weighted by atomic mass is 10.2. The maximum absolute atomic E-state index is 13.0. The van der Waals surface area contributed by atoms with Crippen LogP contribution in [0.1, 0.15) is 19.4 Å². The third-order valence-electron chi connectivity index (χ3n) is 4.45. The zero-order valence-electron chi connectivity index (χ0n) is 15.8. The molecule has 0 saturated carbocycles. The van der Waals surface area contributed by atoms with Gasteiger partial charge in [-0.3, -0.25) is 9.69 Å². The van der Waals surface area contributed by atoms with Crippen molar-refractivity contribution in [3.8, 4) is 0 Å². The zero-order valence-corrected chi connectivity index (χ0v) is 15.8. The molecular formula is C21H25FN4O. The summed E-state index contributed by atoms with van der Waals surface area (Å²) in [4.78, 5) is 20.8. The highest BCUT2D eigenvalue weighted by Gasteiger charge is 2.18. The van der Waals surface area contributed by atoms with Crippen LogP contribution in [0.4, 0.5) is 15.9 Å². The van der Waals surface area contributed by atoms with Gasteiger partial charge in [-0.2, -0.15) is 0 Å². The Bertz CT molecular complexity index is 790. The first-order valence-electron chi connectivity index (χ1n) is 9.13. The Labute approximate surface area is 159 Å². The number of aromatic nitrogens is 1. The number of amides is 1. The Morgan fingerprint density at radius 2 is 1.81 bits per heavy atom. The van der Waals surface area contributed by atoms with E-state index in [1.54, 1.807) is 12.3 Å². The van der Waals surface area contributed by atoms with Crippen LogP contribution in [0.2, 0.25) is 0 Å². The summed E-state index contributed by atoms with van der Waals surface area (Å²) >= 11 is 0. The Balaban J connectivity index is 1.51. The first kappa shape index (κ1) is 19.0. The molecule has 2 heterocycles. The SMILES string of the molecule is CC(C)=CC(=O)Nc1ccc(N2CCN(Cc3ccc(F)cc3)CC2)nc1. The van der Waals surface area contributed by atoms with E-state index in [9.17, 15) is 9.18 Å². The van der Waals surface area contributed by atoms with Gasteiger partial charge in [-0.05, 0) is 43.7 Å². The number of rotatable bonds is 5. The van der Waals surface area contributed by atoms with Crippen molar-refractivity contribution in [1.82, 2.24) is 9.88 Å². The van der Waals surface area contributed by atoms with Crippen LogP contribution >= 0.6 is 0 Å². The van der Waals surface area contributed by atoms with Crippen LogP contribution in [0.25, 0.3) is 0 Å². The molecule has 0 aliphatic carbocycles. The van der Waals surface area contributed by atoms with Crippen LogP contribution in [0.3, 0.4) is 0 Å². The van der Waals surface area contributed by atoms with E-state index >= 15 is 0 Å². The Morgan fingerprint density at radius 1 is 1.11 bits per heavy atom. The number of piperazine rings is 1. The quantitative estimate of drug-likeness (QED) is 0.822. The maximum atomic E-state index is 13.0. The van der Waals surface area contributed by atoms with Crippen LogP contribution in [0.15, 0.2) is 54.2 Å². The second-order valence-corrected chi connectivity index (χ2v) is 7.01. The average Bonchev–Trinajstić information content (AvgIpc) is 2.64. The Hall–Kier alpha value is -2.73. The fourth-order valence-corrected chi connectivity index (χ4v) is 3.07. The number of hydrogen-bond acceptors (Lipinski definition) is 4. The molecule has 1 aromatic carbocycles. The number of halogens is 1. The van der Waals surface area contributed by atoms with Gasteiger partial charge in [-0.15, -0.1) is 0 Å². The number of carbonyl (C=O) groups is 1. The minimum atomic E-state index is -0.199. The molecule has 1 saturated heterocycles. The average molecular weight is 368 g/mol. The van der Waals surface area contributed by atoms with E-state index in [0.29, 0.717) is 5.69 Å². The molecule has 1 fully saturated rings. The summed E-state index contributed by atoms with van der Waals surface area (Å²) in [7, 11) is 0. The van der Waals surface area contributed by atoms with E-state index in [1.807, 2.05) is 38.1 Å². The molecule has 0 atom stereocenters. The maximum Gasteiger partial charge on any atom is 0.248 e. The summed E-state index contributed by atoms with van der Waals surface area (Å²) in [6, 6.07) is 10.5. The van der Waals surface area contributed by atoms with Crippen LogP contribution in [0, 0.1) is 5.82 Å². The van der Waals surface area contributed by atoms with Gasteiger partial charge in [0.2, 0.25) is 5.91 Å². The molecule has 142 valence electrons. The standard InChI is InChI=1S/C21H25FN4O/c1-16(2)13-21(27)24-19-7-8-20(23-14-19)26-11-9-25(10-12-26)15-17-3-5-18(22)6-4-17/h3-8,13-14H,9-12,15H2,1-2H3,(H,24,27). The van der Waals surface area contributed by atoms with E-state index in [4.69, 9.17) is 0 Å². The van der Waals surface area contributed by atoms with E-state index in [2.05, 4.69) is 20.1 Å². The van der Waals surface area contributed by atoms with Crippen LogP contribution in [-0.4, -0.2) is 42.0 Å². The summed E-state index contributed by atoms with van der Waals surface area (Å²) in [5, 5.41) is 2.81. The van der Waals surface area contributed by atoms with Crippen molar-refractivity contribution in [3.63, 3.8) is 0 Å². The highest BCUT2D eigenvalue weighted by Crippen LogP contribution is 2.17. The fraction of sp³-hybridized carbons (Fsp3) is 0.333. The molecule has 27 heavy (non-hydrogen) atoms. The topological polar surface area (TPSA) is 48.5 Å². The van der Waals surface area contributed by atoms with Gasteiger partial charge in [0.1, 0.15) is 11.6 Å². The number of hydrogen-bond donors (Lipinski definition) is 1. The van der Waals surface area contributed by atoms with Gasteiger partial charge in [0, 0.05) is 38.8 Å². The Kier molecular flexibility index (Phi) is 6.19. The van der Waals surface area contributed by atoms with E-state index in [1.165, 1.54) is 12.1 Å². The number of anilines is 2. The molecule has 1 aromatic heterocycles. The van der Waals surface area contributed by atoms with Crippen molar-refractivity contribution in [2.75, 3.05) is 36.4 Å². The van der Waals surface area contributed by atoms with E-state index in [0.717, 1.165) is 49.7 Å². The molecule has 1 aliphatic rings. The smallest absolute Gasteiger partial charge is 0.248 e. The van der Waals surface area contributed by atoms with Crippen molar-refractivity contribution in [2.24, 2.45) is 0 Å². The normalized spacial score (nSPS) is 14.7. The molecule has 1 aliphatic heterocycles. The molecule has 0 radical (unpaired) electrons. The third-order valence-corrected chi connectivity index (χ3v) is 4.45. The summed E-state index contributed by atoms with van der Waals surface area (Å²) in [5.74, 6) is 0.575. The Morgan fingerprint density at radius 3 is 2.41 bits per heavy atom. The lowest BCUT2D eigenvalue weighted by Crippen LogP contribution is -2.46. The van der Waals surface area contributed by atoms with Gasteiger partial charge in [0.15, 0.2) is 0 Å². The van der Waals surface area contributed by atoms with Gasteiger partial charge in [0.05, 0.1) is 11.9 Å². The number of carbonyl (C=O) groups excluding carboxylic acids is 1. The molecule has 5 nitrogen and oxygen atoms in total. The molecule has 3 rings (SSSR count). The predicted molar refractivity (Wildman–Crippen MR) is 106 cm³/mol. The molecule has 2 aromatic rings. The minimum absolute atomic E-state index is 0.140. The fourth-order valence-electron chi connectivity index (χ4n) is 3.07. The summed E-state index contributed by atoms with van der Waals surface area (Å²) in [6.07, 6.45) is 3.26. The summed E-state index contributed by atoms with van der Waals surface area (Å²) < 4.78 is 13.0. The molecule has 0 spiro atoms. The van der Waals surface area contributed by atoms with Gasteiger partial charge in [-0.25, -0.2) is 9.37 Å². The molecular weight excluding hydrogens is 343 g/mol. The van der Waals surface area contributed by atoms with Crippen molar-refractivity contribution >= 4 is 17.4 Å². The predicted octanol–water partition coefficient (Wildman–Crippen LogP) is 3.45. The highest BCUT2D eigenvalue weighted by atomic mass is 19.1. The number of allylic oxidation sites excluding steroid dienone is 1. The monoisotopic (exact) mass is 368 g/mol. The number of benzene rings is 1. The molecule has 1 N–H and O–H groups in total. The third kappa shape index (κ3) is 5.62. The van der Waals surface area contributed by atoms with E-state index in [-0.39, 0.29) is 11.7 Å². The van der Waals surface area contributed by atoms with Gasteiger partial charge in [-0.1, -0.05) is 17.7 Å². The summed E-state index contributed by atoms with van der Waals surface area (Å²) in [6.45, 7) is 8.23. The highest BCUT2D eigenvalue weighted by molar-refractivity contribution is 5.99. The second kappa shape index (κ2) is 8.77. The van der Waals surface area contributed by atoms with Crippen LogP contribution in [-0.2, 0) is 11.3 Å². The lowest BCUT2D eigenvalue weighted by Gasteiger charge is -2.35. The molecule has 0 bridgehead atoms. The van der Waals surface area contributed by atoms with Crippen LogP contribution < -0.4 is 10.2 Å². The second-order valence-electron chi connectivity index (χ2n) is 7.01. The van der Waals surface area contributed by atoms with Gasteiger partial charge in [0.25, 0.3) is 0 Å². The lowest BCUT2D eigenvalue weighted by molar-refractivity contribution is -0.111. The minimum Gasteiger partial charge on any atom is -0.354 e. The number of nitrogens with one attached hydrogen (secondary N) is 1. The molecule has 1 amide bonds. The molecule has 6 heteroatoms. The van der Waals surface area contributed by atoms with Gasteiger partial charge >= 0.3 is 0 Å². The first-order valence-corrected chi connectivity index (χ1v) is 9.13. The zero-order chi connectivity index (χ0) is 19.2. The van der Waals surface area contributed by atoms with Crippen molar-refractivity contribution < 1.29 is 9.18 Å². The van der Waals surface area contributed by atoms with E-state index < -0.39 is 0 Å². The number of pyridine rings is 1. The number of nitrogens with zero attached hydrogens (tertiary/aromatic N) is 3. The van der Waals surface area contributed by atoms with Crippen molar-refractivity contribution in [2.45, 2.75) is 20.4 Å². The van der Waals surface area contributed by atoms with Crippen molar-refractivity contribution in [3.05, 3.63) is 65.6 Å².